The molecule has 12 heavy (non-hydrogen) atoms. The van der Waals surface area contributed by atoms with Gasteiger partial charge in [0.05, 0.1) is 0 Å². The van der Waals surface area contributed by atoms with Crippen molar-refractivity contribution in [3.63, 3.8) is 0 Å². The quantitative estimate of drug-likeness (QED) is 0.634. The molecule has 0 unspecified atom stereocenters. The van der Waals surface area contributed by atoms with Gasteiger partial charge in [-0.2, -0.15) is 0 Å². The highest BCUT2D eigenvalue weighted by Gasteiger charge is 2.17. The fourth-order valence-electron chi connectivity index (χ4n) is 1.26. The lowest BCUT2D eigenvalue weighted by Crippen LogP contribution is -2.16. The predicted octanol–water partition coefficient (Wildman–Crippen LogP) is 1.47. The first-order valence-electron chi connectivity index (χ1n) is 3.87. The van der Waals surface area contributed by atoms with Crippen LogP contribution in [0.1, 0.15) is 5.56 Å². The highest BCUT2D eigenvalue weighted by atomic mass is 16.6. The summed E-state index contributed by atoms with van der Waals surface area (Å²) in [5.74, 6) is 1.29. The van der Waals surface area contributed by atoms with E-state index in [1.807, 2.05) is 13.0 Å². The Morgan fingerprint density at radius 1 is 1.17 bits per heavy atom. The van der Waals surface area contributed by atoms with E-state index in [2.05, 4.69) is 0 Å². The Kier molecular flexibility index (Phi) is 1.57. The lowest BCUT2D eigenvalue weighted by molar-refractivity contribution is 0.164. The molecule has 1 heterocycles. The summed E-state index contributed by atoms with van der Waals surface area (Å²) < 4.78 is 10.6. The zero-order valence-corrected chi connectivity index (χ0v) is 6.83. The molecule has 64 valence electrons. The molecule has 0 atom stereocenters. The maximum Gasteiger partial charge on any atom is 0.203 e. The molecular formula is C9H10O3. The fraction of sp³-hybridized carbons (Fsp3) is 0.333. The Labute approximate surface area is 70.5 Å². The highest BCUT2D eigenvalue weighted by molar-refractivity contribution is 5.55. The van der Waals surface area contributed by atoms with Crippen LogP contribution in [0.3, 0.4) is 0 Å². The molecule has 2 rings (SSSR count). The number of benzene rings is 1. The molecule has 0 aliphatic carbocycles. The second kappa shape index (κ2) is 2.59. The van der Waals surface area contributed by atoms with Crippen LogP contribution >= 0.6 is 0 Å². The van der Waals surface area contributed by atoms with Crippen LogP contribution in [0, 0.1) is 6.92 Å². The molecule has 0 amide bonds. The number of hydrogen-bond acceptors (Lipinski definition) is 3. The van der Waals surface area contributed by atoms with Crippen LogP contribution in [-0.2, 0) is 0 Å². The number of rotatable bonds is 0. The zero-order chi connectivity index (χ0) is 8.55. The highest BCUT2D eigenvalue weighted by Crippen LogP contribution is 2.40. The van der Waals surface area contributed by atoms with Gasteiger partial charge < -0.3 is 14.6 Å². The number of aromatic hydroxyl groups is 1. The molecule has 0 radical (unpaired) electrons. The predicted molar refractivity (Wildman–Crippen MR) is 43.8 cm³/mol. The molecule has 3 nitrogen and oxygen atoms in total. The number of ether oxygens (including phenoxy) is 2. The van der Waals surface area contributed by atoms with Crippen molar-refractivity contribution in [1.29, 1.82) is 0 Å². The number of hydrogen-bond donors (Lipinski definition) is 1. The molecule has 0 aromatic heterocycles. The average Bonchev–Trinajstić information content (AvgIpc) is 2.12. The first kappa shape index (κ1) is 7.28. The first-order chi connectivity index (χ1) is 5.79. The minimum atomic E-state index is 0.148. The molecule has 3 heteroatoms. The van der Waals surface area contributed by atoms with Crippen molar-refractivity contribution in [3.05, 3.63) is 17.7 Å². The van der Waals surface area contributed by atoms with Crippen molar-refractivity contribution < 1.29 is 14.6 Å². The van der Waals surface area contributed by atoms with E-state index in [1.165, 1.54) is 0 Å². The van der Waals surface area contributed by atoms with Gasteiger partial charge in [0.2, 0.25) is 5.75 Å². The number of aryl methyl sites for hydroxylation is 1. The van der Waals surface area contributed by atoms with E-state index in [0.717, 1.165) is 5.56 Å². The van der Waals surface area contributed by atoms with E-state index in [4.69, 9.17) is 9.47 Å². The normalized spacial score (nSPS) is 14.4. The second-order valence-corrected chi connectivity index (χ2v) is 2.76. The smallest absolute Gasteiger partial charge is 0.203 e. The summed E-state index contributed by atoms with van der Waals surface area (Å²) in [5, 5.41) is 9.38. The average molecular weight is 166 g/mol. The lowest BCUT2D eigenvalue weighted by atomic mass is 10.2. The Bertz CT molecular complexity index is 276. The fourth-order valence-corrected chi connectivity index (χ4v) is 1.26. The number of phenolic OH excluding ortho intramolecular Hbond substituents is 1. The first-order valence-corrected chi connectivity index (χ1v) is 3.87. The van der Waals surface area contributed by atoms with E-state index in [1.54, 1.807) is 6.07 Å². The molecule has 0 saturated heterocycles. The third kappa shape index (κ3) is 0.978. The van der Waals surface area contributed by atoms with E-state index in [-0.39, 0.29) is 5.75 Å². The van der Waals surface area contributed by atoms with Crippen molar-refractivity contribution in [3.8, 4) is 17.2 Å². The van der Waals surface area contributed by atoms with Gasteiger partial charge in [0, 0.05) is 0 Å². The SMILES string of the molecule is Cc1ccc(O)c2c1OCCO2. The molecule has 0 spiro atoms. The third-order valence-corrected chi connectivity index (χ3v) is 1.86. The maximum atomic E-state index is 9.38. The summed E-state index contributed by atoms with van der Waals surface area (Å²) in [5.41, 5.74) is 0.988. The lowest BCUT2D eigenvalue weighted by Gasteiger charge is -2.20. The van der Waals surface area contributed by atoms with E-state index < -0.39 is 0 Å². The monoisotopic (exact) mass is 166 g/mol. The van der Waals surface area contributed by atoms with Gasteiger partial charge in [-0.15, -0.1) is 0 Å². The summed E-state index contributed by atoms with van der Waals surface area (Å²) in [6.07, 6.45) is 0. The Morgan fingerprint density at radius 3 is 2.50 bits per heavy atom. The Balaban J connectivity index is 2.57. The zero-order valence-electron chi connectivity index (χ0n) is 6.83. The standard InChI is InChI=1S/C9H10O3/c1-6-2-3-7(10)9-8(6)11-4-5-12-9/h2-3,10H,4-5H2,1H3. The van der Waals surface area contributed by atoms with Crippen LogP contribution in [0.2, 0.25) is 0 Å². The molecule has 0 bridgehead atoms. The van der Waals surface area contributed by atoms with Gasteiger partial charge in [0.1, 0.15) is 13.2 Å². The third-order valence-electron chi connectivity index (χ3n) is 1.86. The molecule has 1 aliphatic heterocycles. The molecule has 1 aromatic carbocycles. The van der Waals surface area contributed by atoms with Crippen LogP contribution in [0.5, 0.6) is 17.2 Å². The summed E-state index contributed by atoms with van der Waals surface area (Å²) in [6.45, 7) is 2.98. The molecule has 0 saturated carbocycles. The van der Waals surface area contributed by atoms with Gasteiger partial charge >= 0.3 is 0 Å². The van der Waals surface area contributed by atoms with Gasteiger partial charge in [0.25, 0.3) is 0 Å². The van der Waals surface area contributed by atoms with Crippen molar-refractivity contribution in [2.24, 2.45) is 0 Å². The number of fused-ring (bicyclic) bond motifs is 1. The van der Waals surface area contributed by atoms with Crippen LogP contribution in [0.4, 0.5) is 0 Å². The molecule has 1 aliphatic rings. The van der Waals surface area contributed by atoms with E-state index in [9.17, 15) is 5.11 Å². The van der Waals surface area contributed by atoms with Crippen molar-refractivity contribution >= 4 is 0 Å². The summed E-state index contributed by atoms with van der Waals surface area (Å²) in [4.78, 5) is 0. The summed E-state index contributed by atoms with van der Waals surface area (Å²) >= 11 is 0. The van der Waals surface area contributed by atoms with Crippen molar-refractivity contribution in [2.45, 2.75) is 6.92 Å². The molecule has 1 aromatic rings. The minimum absolute atomic E-state index is 0.148. The van der Waals surface area contributed by atoms with Gasteiger partial charge in [-0.25, -0.2) is 0 Å². The van der Waals surface area contributed by atoms with Gasteiger partial charge in [-0.1, -0.05) is 6.07 Å². The van der Waals surface area contributed by atoms with Gasteiger partial charge in [0.15, 0.2) is 11.5 Å². The van der Waals surface area contributed by atoms with E-state index >= 15 is 0 Å². The van der Waals surface area contributed by atoms with Crippen LogP contribution in [0.15, 0.2) is 12.1 Å². The van der Waals surface area contributed by atoms with Crippen LogP contribution in [0.25, 0.3) is 0 Å². The largest absolute Gasteiger partial charge is 0.504 e. The minimum Gasteiger partial charge on any atom is -0.504 e. The second-order valence-electron chi connectivity index (χ2n) is 2.76. The summed E-state index contributed by atoms with van der Waals surface area (Å²) in [7, 11) is 0. The van der Waals surface area contributed by atoms with Gasteiger partial charge in [-0.3, -0.25) is 0 Å². The maximum absolute atomic E-state index is 9.38. The Morgan fingerprint density at radius 2 is 1.83 bits per heavy atom. The van der Waals surface area contributed by atoms with Crippen LogP contribution in [-0.4, -0.2) is 18.3 Å². The molecule has 0 fully saturated rings. The summed E-state index contributed by atoms with van der Waals surface area (Å²) in [6, 6.07) is 3.42. The number of phenols is 1. The Hall–Kier alpha value is -1.38. The van der Waals surface area contributed by atoms with Gasteiger partial charge in [-0.05, 0) is 18.6 Å². The molecule has 1 N–H and O–H groups in total. The topological polar surface area (TPSA) is 38.7 Å². The molecular weight excluding hydrogens is 156 g/mol. The van der Waals surface area contributed by atoms with Crippen molar-refractivity contribution in [1.82, 2.24) is 0 Å². The van der Waals surface area contributed by atoms with E-state index in [0.29, 0.717) is 24.7 Å². The van der Waals surface area contributed by atoms with Crippen LogP contribution < -0.4 is 9.47 Å². The van der Waals surface area contributed by atoms with Crippen molar-refractivity contribution in [2.75, 3.05) is 13.2 Å².